The lowest BCUT2D eigenvalue weighted by Gasteiger charge is -2.27. The van der Waals surface area contributed by atoms with Gasteiger partial charge in [0, 0.05) is 16.5 Å². The van der Waals surface area contributed by atoms with E-state index in [-0.39, 0.29) is 16.6 Å². The molecule has 2 N–H and O–H groups in total. The molecule has 0 unspecified atom stereocenters. The Kier molecular flexibility index (Phi) is 6.35. The molecule has 1 amide bonds. The minimum Gasteiger partial charge on any atom is -0.507 e. The number of fused-ring (bicyclic) bond motifs is 1. The predicted molar refractivity (Wildman–Crippen MR) is 128 cm³/mol. The summed E-state index contributed by atoms with van der Waals surface area (Å²) in [5.41, 5.74) is 5.10. The highest BCUT2D eigenvalue weighted by molar-refractivity contribution is 5.96. The van der Waals surface area contributed by atoms with Crippen molar-refractivity contribution < 1.29 is 19.1 Å². The number of furan rings is 1. The number of carbonyl (C=O) groups excluding carboxylic acids is 1. The van der Waals surface area contributed by atoms with Gasteiger partial charge in [0.1, 0.15) is 17.1 Å². The molecule has 0 fully saturated rings. The molecule has 0 bridgehead atoms. The van der Waals surface area contributed by atoms with Gasteiger partial charge in [0.05, 0.1) is 12.8 Å². The Balaban J connectivity index is 1.83. The van der Waals surface area contributed by atoms with Crippen molar-refractivity contribution in [3.05, 3.63) is 58.8 Å². The van der Waals surface area contributed by atoms with Crippen LogP contribution in [0.3, 0.4) is 0 Å². The zero-order chi connectivity index (χ0) is 23.7. The van der Waals surface area contributed by atoms with Crippen LogP contribution in [0.1, 0.15) is 75.7 Å². The van der Waals surface area contributed by atoms with Crippen molar-refractivity contribution in [3.8, 4) is 11.5 Å². The van der Waals surface area contributed by atoms with Gasteiger partial charge >= 0.3 is 5.91 Å². The average Bonchev–Trinajstić information content (AvgIpc) is 3.11. The number of hydrogen-bond donors (Lipinski definition) is 2. The molecule has 0 aliphatic rings. The van der Waals surface area contributed by atoms with E-state index in [0.29, 0.717) is 17.9 Å². The van der Waals surface area contributed by atoms with E-state index in [1.807, 2.05) is 25.1 Å². The van der Waals surface area contributed by atoms with Gasteiger partial charge in [-0.25, -0.2) is 5.43 Å². The van der Waals surface area contributed by atoms with Crippen LogP contribution in [0.5, 0.6) is 11.5 Å². The molecule has 0 radical (unpaired) electrons. The summed E-state index contributed by atoms with van der Waals surface area (Å²) in [6.45, 7) is 14.8. The molecule has 0 aliphatic heterocycles. The molecule has 0 saturated carbocycles. The smallest absolute Gasteiger partial charge is 0.307 e. The van der Waals surface area contributed by atoms with E-state index in [1.165, 1.54) is 0 Å². The van der Waals surface area contributed by atoms with Gasteiger partial charge in [0.25, 0.3) is 0 Å². The number of nitrogens with one attached hydrogen (secondary N) is 1. The minimum absolute atomic E-state index is 0.169. The number of hydrogen-bond acceptors (Lipinski definition) is 5. The van der Waals surface area contributed by atoms with E-state index in [1.54, 1.807) is 24.4 Å². The van der Waals surface area contributed by atoms with Gasteiger partial charge < -0.3 is 14.3 Å². The number of phenolic OH excluding ortho intramolecular Hbond substituents is 1. The summed E-state index contributed by atoms with van der Waals surface area (Å²) in [6.07, 6.45) is 1.58. The van der Waals surface area contributed by atoms with Gasteiger partial charge in [0.2, 0.25) is 0 Å². The molecule has 6 heteroatoms. The summed E-state index contributed by atoms with van der Waals surface area (Å²) in [5.74, 6) is 0.755. The van der Waals surface area contributed by atoms with E-state index < -0.39 is 5.91 Å². The van der Waals surface area contributed by atoms with Crippen molar-refractivity contribution >= 4 is 23.1 Å². The third-order valence-corrected chi connectivity index (χ3v) is 5.15. The van der Waals surface area contributed by atoms with Gasteiger partial charge in [-0.2, -0.15) is 5.10 Å². The number of benzene rings is 2. The third kappa shape index (κ3) is 5.13. The summed E-state index contributed by atoms with van der Waals surface area (Å²) < 4.78 is 11.1. The summed E-state index contributed by atoms with van der Waals surface area (Å²) in [5, 5.41) is 15.7. The van der Waals surface area contributed by atoms with E-state index in [0.717, 1.165) is 27.8 Å². The molecule has 6 nitrogen and oxygen atoms in total. The first-order valence-corrected chi connectivity index (χ1v) is 10.8. The Hall–Kier alpha value is -3.28. The zero-order valence-electron chi connectivity index (χ0n) is 19.9. The normalized spacial score (nSPS) is 12.5. The van der Waals surface area contributed by atoms with Crippen molar-refractivity contribution in [1.29, 1.82) is 0 Å². The molecular formula is C26H32N2O4. The van der Waals surface area contributed by atoms with Crippen LogP contribution in [0.4, 0.5) is 0 Å². The highest BCUT2D eigenvalue weighted by Gasteiger charge is 2.26. The lowest BCUT2D eigenvalue weighted by Crippen LogP contribution is -2.19. The van der Waals surface area contributed by atoms with Crippen LogP contribution >= 0.6 is 0 Å². The van der Waals surface area contributed by atoms with Gasteiger partial charge in [-0.1, -0.05) is 41.5 Å². The van der Waals surface area contributed by atoms with Gasteiger partial charge in [0.15, 0.2) is 5.76 Å². The van der Waals surface area contributed by atoms with Crippen molar-refractivity contribution in [1.82, 2.24) is 5.43 Å². The maximum absolute atomic E-state index is 12.5. The maximum Gasteiger partial charge on any atom is 0.307 e. The standard InChI is InChI=1S/C26H32N2O4/c1-8-31-18-9-10-21-17(13-18)14-22(32-21)24(30)28-27-15-16-11-19(25(2,3)4)23(29)20(12-16)26(5,6)7/h9-15,29H,8H2,1-7H3,(H,28,30). The molecular weight excluding hydrogens is 404 g/mol. The first-order chi connectivity index (χ1) is 14.9. The van der Waals surface area contributed by atoms with Crippen LogP contribution in [0, 0.1) is 0 Å². The predicted octanol–water partition coefficient (Wildman–Crippen LogP) is 5.90. The molecule has 2 aromatic carbocycles. The van der Waals surface area contributed by atoms with Crippen LogP contribution < -0.4 is 10.2 Å². The second-order valence-electron chi connectivity index (χ2n) is 9.91. The Morgan fingerprint density at radius 2 is 1.69 bits per heavy atom. The topological polar surface area (TPSA) is 84.1 Å². The molecule has 0 aliphatic carbocycles. The number of hydrazone groups is 1. The monoisotopic (exact) mass is 436 g/mol. The van der Waals surface area contributed by atoms with E-state index in [9.17, 15) is 9.90 Å². The van der Waals surface area contributed by atoms with Gasteiger partial charge in [-0.05, 0) is 59.7 Å². The quantitative estimate of drug-likeness (QED) is 0.385. The van der Waals surface area contributed by atoms with Crippen molar-refractivity contribution in [2.75, 3.05) is 6.61 Å². The molecule has 3 rings (SSSR count). The van der Waals surface area contributed by atoms with Crippen LogP contribution in [0.15, 0.2) is 45.9 Å². The Labute approximate surface area is 189 Å². The fourth-order valence-electron chi connectivity index (χ4n) is 3.49. The zero-order valence-corrected chi connectivity index (χ0v) is 19.9. The van der Waals surface area contributed by atoms with Crippen LogP contribution in [0.25, 0.3) is 11.0 Å². The highest BCUT2D eigenvalue weighted by Crippen LogP contribution is 2.39. The number of rotatable bonds is 5. The second kappa shape index (κ2) is 8.69. The van der Waals surface area contributed by atoms with E-state index >= 15 is 0 Å². The summed E-state index contributed by atoms with van der Waals surface area (Å²) in [7, 11) is 0. The number of nitrogens with zero attached hydrogens (tertiary/aromatic N) is 1. The Morgan fingerprint density at radius 1 is 1.06 bits per heavy atom. The number of aromatic hydroxyl groups is 1. The Morgan fingerprint density at radius 3 is 2.25 bits per heavy atom. The molecule has 32 heavy (non-hydrogen) atoms. The second-order valence-corrected chi connectivity index (χ2v) is 9.91. The van der Waals surface area contributed by atoms with Gasteiger partial charge in [-0.15, -0.1) is 0 Å². The van der Waals surface area contributed by atoms with Gasteiger partial charge in [-0.3, -0.25) is 4.79 Å². The SMILES string of the molecule is CCOc1ccc2oc(C(=O)NN=Cc3cc(C(C)(C)C)c(O)c(C(C)(C)C)c3)cc2c1. The maximum atomic E-state index is 12.5. The van der Waals surface area contributed by atoms with Crippen LogP contribution in [0.2, 0.25) is 0 Å². The summed E-state index contributed by atoms with van der Waals surface area (Å²) >= 11 is 0. The molecule has 0 saturated heterocycles. The van der Waals surface area contributed by atoms with E-state index in [2.05, 4.69) is 52.1 Å². The molecule has 3 aromatic rings. The first kappa shape index (κ1) is 23.4. The lowest BCUT2D eigenvalue weighted by atomic mass is 9.78. The molecule has 0 atom stereocenters. The number of phenols is 1. The van der Waals surface area contributed by atoms with Crippen molar-refractivity contribution in [2.45, 2.75) is 59.3 Å². The summed E-state index contributed by atoms with van der Waals surface area (Å²) in [4.78, 5) is 12.5. The average molecular weight is 437 g/mol. The largest absolute Gasteiger partial charge is 0.507 e. The molecule has 1 heterocycles. The molecule has 1 aromatic heterocycles. The third-order valence-electron chi connectivity index (χ3n) is 5.15. The summed E-state index contributed by atoms with van der Waals surface area (Å²) in [6, 6.07) is 10.9. The molecule has 170 valence electrons. The molecule has 0 spiro atoms. The highest BCUT2D eigenvalue weighted by atomic mass is 16.5. The fourth-order valence-corrected chi connectivity index (χ4v) is 3.49. The minimum atomic E-state index is -0.443. The number of carbonyl (C=O) groups is 1. The van der Waals surface area contributed by atoms with Crippen LogP contribution in [-0.4, -0.2) is 23.8 Å². The Bertz CT molecular complexity index is 1130. The fraction of sp³-hybridized carbons (Fsp3) is 0.385. The van der Waals surface area contributed by atoms with Crippen molar-refractivity contribution in [2.24, 2.45) is 5.10 Å². The number of ether oxygens (including phenoxy) is 1. The first-order valence-electron chi connectivity index (χ1n) is 10.8. The number of amides is 1. The lowest BCUT2D eigenvalue weighted by molar-refractivity contribution is 0.0929. The van der Waals surface area contributed by atoms with E-state index in [4.69, 9.17) is 9.15 Å². The van der Waals surface area contributed by atoms with Crippen LogP contribution in [-0.2, 0) is 10.8 Å². The van der Waals surface area contributed by atoms with Crippen molar-refractivity contribution in [3.63, 3.8) is 0 Å².